The third-order valence-corrected chi connectivity index (χ3v) is 7.86. The van der Waals surface area contributed by atoms with Crippen LogP contribution in [0.1, 0.15) is 26.3 Å². The van der Waals surface area contributed by atoms with E-state index in [9.17, 15) is 9.59 Å². The fourth-order valence-corrected chi connectivity index (χ4v) is 5.63. The SMILES string of the molecule is CC(C)(C)OC(=O)n1ncc2cc(N(c3ccccc3)c3nc(-c4cccc(NC(=O)NCc5ccccc5)c4)nc4ccccc34)ccc21. The summed E-state index contributed by atoms with van der Waals surface area (Å²) >= 11 is 0. The summed E-state index contributed by atoms with van der Waals surface area (Å²) in [5.74, 6) is 1.15. The van der Waals surface area contributed by atoms with Crippen molar-refractivity contribution < 1.29 is 14.3 Å². The van der Waals surface area contributed by atoms with Gasteiger partial charge in [0.1, 0.15) is 11.4 Å². The van der Waals surface area contributed by atoms with Gasteiger partial charge in [0.25, 0.3) is 0 Å². The lowest BCUT2D eigenvalue weighted by Crippen LogP contribution is -2.28. The number of rotatable bonds is 7. The number of urea groups is 1. The topological polar surface area (TPSA) is 114 Å². The highest BCUT2D eigenvalue weighted by Gasteiger charge is 2.23. The van der Waals surface area contributed by atoms with Crippen molar-refractivity contribution in [3.8, 4) is 11.4 Å². The van der Waals surface area contributed by atoms with Crippen molar-refractivity contribution in [2.24, 2.45) is 0 Å². The van der Waals surface area contributed by atoms with Crippen molar-refractivity contribution in [2.75, 3.05) is 10.2 Å². The summed E-state index contributed by atoms with van der Waals surface area (Å²) in [7, 11) is 0. The number of hydrogen-bond acceptors (Lipinski definition) is 7. The highest BCUT2D eigenvalue weighted by molar-refractivity contribution is 5.98. The molecule has 248 valence electrons. The van der Waals surface area contributed by atoms with Crippen LogP contribution in [0.3, 0.4) is 0 Å². The standard InChI is InChI=1S/C40H35N7O3/c1-40(2,3)50-39(49)47-35-22-21-32(24-29(35)26-42-47)46(31-17-8-5-9-18-31)37-33-19-10-11-20-34(33)44-36(45-37)28-15-12-16-30(23-28)43-38(48)41-25-27-13-6-4-7-14-27/h4-24,26H,25H2,1-3H3,(H2,41,43,48). The van der Waals surface area contributed by atoms with Crippen LogP contribution in [-0.4, -0.2) is 37.5 Å². The van der Waals surface area contributed by atoms with E-state index in [2.05, 4.69) is 20.6 Å². The molecule has 0 saturated heterocycles. The van der Waals surface area contributed by atoms with Crippen LogP contribution in [0.15, 0.2) is 134 Å². The van der Waals surface area contributed by atoms with Crippen LogP contribution in [0.5, 0.6) is 0 Å². The van der Waals surface area contributed by atoms with E-state index in [1.165, 1.54) is 4.68 Å². The maximum atomic E-state index is 12.9. The lowest BCUT2D eigenvalue weighted by atomic mass is 10.1. The molecule has 2 N–H and O–H groups in total. The minimum absolute atomic E-state index is 0.313. The first-order chi connectivity index (χ1) is 24.2. The Kier molecular flexibility index (Phi) is 8.66. The number of benzene rings is 5. The van der Waals surface area contributed by atoms with Crippen LogP contribution in [0, 0.1) is 0 Å². The number of amides is 2. The average Bonchev–Trinajstić information content (AvgIpc) is 3.55. The largest absolute Gasteiger partial charge is 0.442 e. The molecule has 2 aromatic heterocycles. The number of fused-ring (bicyclic) bond motifs is 2. The van der Waals surface area contributed by atoms with Gasteiger partial charge in [0, 0.05) is 39.9 Å². The normalized spacial score (nSPS) is 11.3. The van der Waals surface area contributed by atoms with Gasteiger partial charge in [0.05, 0.1) is 17.2 Å². The predicted molar refractivity (Wildman–Crippen MR) is 197 cm³/mol. The fourth-order valence-electron chi connectivity index (χ4n) is 5.63. The van der Waals surface area contributed by atoms with Gasteiger partial charge in [0.15, 0.2) is 5.82 Å². The lowest BCUT2D eigenvalue weighted by molar-refractivity contribution is 0.0522. The molecule has 2 amide bonds. The number of nitrogens with one attached hydrogen (secondary N) is 2. The van der Waals surface area contributed by atoms with Crippen molar-refractivity contribution in [3.05, 3.63) is 139 Å². The molecule has 10 heteroatoms. The third-order valence-electron chi connectivity index (χ3n) is 7.86. The Morgan fingerprint density at radius 1 is 0.780 bits per heavy atom. The number of carbonyl (C=O) groups is 2. The highest BCUT2D eigenvalue weighted by atomic mass is 16.6. The summed E-state index contributed by atoms with van der Waals surface area (Å²) in [6, 6.07) is 40.5. The van der Waals surface area contributed by atoms with Gasteiger partial charge >= 0.3 is 12.1 Å². The van der Waals surface area contributed by atoms with Gasteiger partial charge in [-0.1, -0.05) is 72.8 Å². The van der Waals surface area contributed by atoms with E-state index >= 15 is 0 Å². The molecule has 10 nitrogen and oxygen atoms in total. The van der Waals surface area contributed by atoms with Gasteiger partial charge < -0.3 is 15.4 Å². The summed E-state index contributed by atoms with van der Waals surface area (Å²) in [5, 5.41) is 11.8. The Morgan fingerprint density at radius 2 is 1.52 bits per heavy atom. The second-order valence-electron chi connectivity index (χ2n) is 12.7. The predicted octanol–water partition coefficient (Wildman–Crippen LogP) is 9.22. The van der Waals surface area contributed by atoms with E-state index in [4.69, 9.17) is 14.7 Å². The minimum Gasteiger partial charge on any atom is -0.442 e. The monoisotopic (exact) mass is 661 g/mol. The molecule has 0 atom stereocenters. The molecule has 7 aromatic rings. The van der Waals surface area contributed by atoms with Gasteiger partial charge in [-0.05, 0) is 80.9 Å². The zero-order valence-electron chi connectivity index (χ0n) is 27.9. The number of nitrogens with zero attached hydrogens (tertiary/aromatic N) is 5. The van der Waals surface area contributed by atoms with E-state index in [1.807, 2.05) is 148 Å². The van der Waals surface area contributed by atoms with Gasteiger partial charge in [-0.15, -0.1) is 0 Å². The summed E-state index contributed by atoms with van der Waals surface area (Å²) in [4.78, 5) is 37.9. The molecule has 5 aromatic carbocycles. The van der Waals surface area contributed by atoms with Crippen molar-refractivity contribution in [1.82, 2.24) is 25.1 Å². The molecule has 7 rings (SSSR count). The molecule has 0 saturated carbocycles. The smallest absolute Gasteiger partial charge is 0.435 e. The Hall–Kier alpha value is -6.55. The summed E-state index contributed by atoms with van der Waals surface area (Å²) < 4.78 is 6.85. The summed E-state index contributed by atoms with van der Waals surface area (Å²) in [6.45, 7) is 5.88. The van der Waals surface area contributed by atoms with Crippen molar-refractivity contribution in [1.29, 1.82) is 0 Å². The van der Waals surface area contributed by atoms with E-state index in [0.29, 0.717) is 29.4 Å². The summed E-state index contributed by atoms with van der Waals surface area (Å²) in [6.07, 6.45) is 1.11. The number of hydrogen-bond donors (Lipinski definition) is 2. The zero-order valence-corrected chi connectivity index (χ0v) is 27.9. The number of ether oxygens (including phenoxy) is 1. The number of carbonyl (C=O) groups excluding carboxylic acids is 2. The molecule has 0 radical (unpaired) electrons. The Bertz CT molecular complexity index is 2320. The van der Waals surface area contributed by atoms with Gasteiger partial charge in [0.2, 0.25) is 0 Å². The van der Waals surface area contributed by atoms with E-state index in [0.717, 1.165) is 38.8 Å². The second-order valence-corrected chi connectivity index (χ2v) is 12.7. The molecule has 0 aliphatic heterocycles. The van der Waals surface area contributed by atoms with Crippen molar-refractivity contribution >= 4 is 56.8 Å². The van der Waals surface area contributed by atoms with Crippen LogP contribution in [-0.2, 0) is 11.3 Å². The van der Waals surface area contributed by atoms with E-state index < -0.39 is 11.7 Å². The minimum atomic E-state index is -0.657. The molecule has 0 aliphatic rings. The molecule has 0 unspecified atom stereocenters. The third kappa shape index (κ3) is 7.00. The van der Waals surface area contributed by atoms with Crippen LogP contribution < -0.4 is 15.5 Å². The zero-order chi connectivity index (χ0) is 34.7. The maximum Gasteiger partial charge on any atom is 0.435 e. The second kappa shape index (κ2) is 13.5. The van der Waals surface area contributed by atoms with Gasteiger partial charge in [-0.25, -0.2) is 19.6 Å². The Morgan fingerprint density at radius 3 is 2.30 bits per heavy atom. The quantitative estimate of drug-likeness (QED) is 0.175. The van der Waals surface area contributed by atoms with Crippen molar-refractivity contribution in [3.63, 3.8) is 0 Å². The molecular formula is C40H35N7O3. The maximum absolute atomic E-state index is 12.9. The van der Waals surface area contributed by atoms with Crippen LogP contribution >= 0.6 is 0 Å². The Balaban J connectivity index is 1.27. The van der Waals surface area contributed by atoms with Crippen LogP contribution in [0.4, 0.5) is 32.5 Å². The fraction of sp³-hybridized carbons (Fsp3) is 0.125. The number of aromatic nitrogens is 4. The molecule has 0 aliphatic carbocycles. The molecule has 0 bridgehead atoms. The number of para-hydroxylation sites is 2. The van der Waals surface area contributed by atoms with Gasteiger partial charge in [-0.2, -0.15) is 9.78 Å². The molecule has 0 spiro atoms. The van der Waals surface area contributed by atoms with E-state index in [1.54, 1.807) is 6.20 Å². The van der Waals surface area contributed by atoms with Gasteiger partial charge in [-0.3, -0.25) is 4.90 Å². The Labute approximate surface area is 289 Å². The average molecular weight is 662 g/mol. The molecule has 50 heavy (non-hydrogen) atoms. The van der Waals surface area contributed by atoms with Crippen LogP contribution in [0.25, 0.3) is 33.2 Å². The first-order valence-corrected chi connectivity index (χ1v) is 16.2. The molecular weight excluding hydrogens is 626 g/mol. The summed E-state index contributed by atoms with van der Waals surface area (Å²) in [5.41, 5.74) is 4.77. The first-order valence-electron chi connectivity index (χ1n) is 16.2. The first kappa shape index (κ1) is 32.0. The lowest BCUT2D eigenvalue weighted by Gasteiger charge is -2.26. The number of anilines is 4. The van der Waals surface area contributed by atoms with Crippen LogP contribution in [0.2, 0.25) is 0 Å². The highest BCUT2D eigenvalue weighted by Crippen LogP contribution is 2.39. The van der Waals surface area contributed by atoms with Crippen molar-refractivity contribution in [2.45, 2.75) is 32.9 Å². The molecule has 0 fully saturated rings. The van der Waals surface area contributed by atoms with E-state index in [-0.39, 0.29) is 6.03 Å². The molecule has 2 heterocycles.